The molecule has 0 aliphatic heterocycles. The first-order valence-electron chi connectivity index (χ1n) is 12.3. The van der Waals surface area contributed by atoms with Crippen LogP contribution in [0.2, 0.25) is 0 Å². The van der Waals surface area contributed by atoms with E-state index in [1.807, 2.05) is 24.3 Å². The monoisotopic (exact) mass is 513 g/mol. The van der Waals surface area contributed by atoms with Gasteiger partial charge < -0.3 is 9.57 Å². The number of aryl methyl sites for hydroxylation is 1. The fraction of sp³-hybridized carbons (Fsp3) is 0.250. The van der Waals surface area contributed by atoms with Crippen LogP contribution >= 0.6 is 11.3 Å². The van der Waals surface area contributed by atoms with Gasteiger partial charge in [0.1, 0.15) is 21.0 Å². The first-order valence-corrected chi connectivity index (χ1v) is 13.1. The Morgan fingerprint density at radius 3 is 2.22 bits per heavy atom. The predicted octanol–water partition coefficient (Wildman–Crippen LogP) is 5.64. The Balaban J connectivity index is 1.18. The van der Waals surface area contributed by atoms with E-state index in [1.54, 1.807) is 31.4 Å². The van der Waals surface area contributed by atoms with E-state index in [2.05, 4.69) is 44.8 Å². The number of carbonyl (C=O) groups is 1. The molecule has 0 amide bonds. The third kappa shape index (κ3) is 6.07. The van der Waals surface area contributed by atoms with E-state index in [4.69, 9.17) is 9.57 Å². The van der Waals surface area contributed by atoms with Gasteiger partial charge in [-0.2, -0.15) is 0 Å². The van der Waals surface area contributed by atoms with Gasteiger partial charge in [0.25, 0.3) is 0 Å². The molecule has 0 unspecified atom stereocenters. The van der Waals surface area contributed by atoms with E-state index in [-0.39, 0.29) is 0 Å². The molecule has 0 bridgehead atoms. The molecule has 8 nitrogen and oxygen atoms in total. The fourth-order valence-electron chi connectivity index (χ4n) is 3.99. The number of aromatic nitrogens is 5. The molecule has 0 N–H and O–H groups in total. The first kappa shape index (κ1) is 24.7. The summed E-state index contributed by atoms with van der Waals surface area (Å²) in [4.78, 5) is 19.1. The maximum atomic E-state index is 12.6. The standard InChI is InChI=1S/C28H27N5O3S/c1-35-19-7-3-2-4-8-20-11-13-21(14-12-20)26-30-31-27(37-26)22-15-17-23(18-16-22)28(34)36-33-25-10-6-5-9-24(25)29-32-33/h5-6,9-18H,2-4,7-8,19H2,1H3. The Morgan fingerprint density at radius 2 is 1.49 bits per heavy atom. The van der Waals surface area contributed by atoms with Crippen LogP contribution < -0.4 is 4.84 Å². The number of benzene rings is 3. The second kappa shape index (κ2) is 11.9. The molecule has 0 radical (unpaired) electrons. The lowest BCUT2D eigenvalue weighted by molar-refractivity contribution is 0.0409. The highest BCUT2D eigenvalue weighted by atomic mass is 32.1. The Labute approximate surface area is 218 Å². The molecule has 2 aromatic heterocycles. The van der Waals surface area contributed by atoms with Crippen molar-refractivity contribution in [3.63, 3.8) is 0 Å². The molecule has 0 saturated heterocycles. The minimum absolute atomic E-state index is 0.405. The van der Waals surface area contributed by atoms with Crippen LogP contribution in [0.5, 0.6) is 0 Å². The highest BCUT2D eigenvalue weighted by molar-refractivity contribution is 7.17. The lowest BCUT2D eigenvalue weighted by Crippen LogP contribution is -2.20. The van der Waals surface area contributed by atoms with Crippen molar-refractivity contribution < 1.29 is 14.4 Å². The van der Waals surface area contributed by atoms with Crippen LogP contribution in [0.25, 0.3) is 32.2 Å². The van der Waals surface area contributed by atoms with E-state index in [1.165, 1.54) is 36.2 Å². The number of carbonyl (C=O) groups excluding carboxylic acids is 1. The van der Waals surface area contributed by atoms with E-state index >= 15 is 0 Å². The van der Waals surface area contributed by atoms with E-state index < -0.39 is 5.97 Å². The van der Waals surface area contributed by atoms with Gasteiger partial charge in [-0.15, -0.1) is 15.3 Å². The maximum Gasteiger partial charge on any atom is 0.365 e. The van der Waals surface area contributed by atoms with Gasteiger partial charge in [0.15, 0.2) is 0 Å². The molecule has 0 aliphatic rings. The molecule has 0 saturated carbocycles. The first-order chi connectivity index (χ1) is 18.2. The molecule has 5 aromatic rings. The average molecular weight is 514 g/mol. The van der Waals surface area contributed by atoms with Crippen molar-refractivity contribution in [1.29, 1.82) is 0 Å². The Kier molecular flexibility index (Phi) is 7.93. The number of hydrogen-bond donors (Lipinski definition) is 0. The molecule has 0 aliphatic carbocycles. The summed E-state index contributed by atoms with van der Waals surface area (Å²) in [5.41, 5.74) is 4.95. The maximum absolute atomic E-state index is 12.6. The van der Waals surface area contributed by atoms with Gasteiger partial charge in [0.05, 0.1) is 5.56 Å². The highest BCUT2D eigenvalue weighted by Crippen LogP contribution is 2.30. The van der Waals surface area contributed by atoms with E-state index in [9.17, 15) is 4.79 Å². The van der Waals surface area contributed by atoms with Crippen LogP contribution in [0, 0.1) is 0 Å². The van der Waals surface area contributed by atoms with Gasteiger partial charge >= 0.3 is 5.97 Å². The highest BCUT2D eigenvalue weighted by Gasteiger charge is 2.14. The topological polar surface area (TPSA) is 92.0 Å². The third-order valence-electron chi connectivity index (χ3n) is 6.05. The lowest BCUT2D eigenvalue weighted by atomic mass is 10.0. The molecule has 0 spiro atoms. The minimum Gasteiger partial charge on any atom is -0.385 e. The van der Waals surface area contributed by atoms with Crippen LogP contribution in [0.15, 0.2) is 72.8 Å². The summed E-state index contributed by atoms with van der Waals surface area (Å²) < 4.78 is 5.10. The number of para-hydroxylation sites is 1. The predicted molar refractivity (Wildman–Crippen MR) is 143 cm³/mol. The van der Waals surface area contributed by atoms with Crippen molar-refractivity contribution in [3.8, 4) is 21.1 Å². The van der Waals surface area contributed by atoms with Gasteiger partial charge in [0.2, 0.25) is 0 Å². The summed E-state index contributed by atoms with van der Waals surface area (Å²) >= 11 is 1.52. The van der Waals surface area contributed by atoms with Crippen LogP contribution in [0.4, 0.5) is 0 Å². The molecular formula is C28H27N5O3S. The van der Waals surface area contributed by atoms with Crippen LogP contribution in [-0.4, -0.2) is 45.0 Å². The number of fused-ring (bicyclic) bond motifs is 1. The van der Waals surface area contributed by atoms with E-state index in [0.29, 0.717) is 16.6 Å². The molecular weight excluding hydrogens is 486 g/mol. The summed E-state index contributed by atoms with van der Waals surface area (Å²) in [5, 5.41) is 18.3. The summed E-state index contributed by atoms with van der Waals surface area (Å²) in [6.45, 7) is 0.844. The zero-order valence-electron chi connectivity index (χ0n) is 20.5. The van der Waals surface area contributed by atoms with Gasteiger partial charge in [-0.1, -0.05) is 77.6 Å². The summed E-state index contributed by atoms with van der Waals surface area (Å²) in [5.74, 6) is -0.518. The fourth-order valence-corrected chi connectivity index (χ4v) is 4.85. The second-order valence-corrected chi connectivity index (χ2v) is 9.65. The normalized spacial score (nSPS) is 11.2. The van der Waals surface area contributed by atoms with Gasteiger partial charge in [-0.25, -0.2) is 4.79 Å². The number of unbranched alkanes of at least 4 members (excludes halogenated alkanes) is 3. The van der Waals surface area contributed by atoms with Gasteiger partial charge in [-0.3, -0.25) is 0 Å². The van der Waals surface area contributed by atoms with Crippen LogP contribution in [-0.2, 0) is 11.2 Å². The molecule has 2 heterocycles. The van der Waals surface area contributed by atoms with Crippen molar-refractivity contribution >= 4 is 28.3 Å². The van der Waals surface area contributed by atoms with Gasteiger partial charge in [0, 0.05) is 24.8 Å². The zero-order chi connectivity index (χ0) is 25.5. The number of ether oxygens (including phenoxy) is 1. The SMILES string of the molecule is COCCCCCCc1ccc(-c2nnc(-c3ccc(C(=O)On4nnc5ccccc54)cc3)s2)cc1. The van der Waals surface area contributed by atoms with Gasteiger partial charge in [-0.05, 0) is 54.3 Å². The molecule has 3 aromatic carbocycles. The number of methoxy groups -OCH3 is 1. The Hall–Kier alpha value is -3.95. The van der Waals surface area contributed by atoms with Crippen LogP contribution in [0.3, 0.4) is 0 Å². The largest absolute Gasteiger partial charge is 0.385 e. The smallest absolute Gasteiger partial charge is 0.365 e. The summed E-state index contributed by atoms with van der Waals surface area (Å²) in [6.07, 6.45) is 5.82. The Bertz CT molecular complexity index is 1460. The number of hydrogen-bond acceptors (Lipinski definition) is 8. The summed E-state index contributed by atoms with van der Waals surface area (Å²) in [6, 6.07) is 22.9. The van der Waals surface area contributed by atoms with E-state index in [0.717, 1.165) is 45.4 Å². The molecule has 0 fully saturated rings. The van der Waals surface area contributed by atoms with Crippen molar-refractivity contribution in [2.75, 3.05) is 13.7 Å². The molecule has 188 valence electrons. The second-order valence-electron chi connectivity index (χ2n) is 8.67. The average Bonchev–Trinajstić information content (AvgIpc) is 3.59. The molecule has 0 atom stereocenters. The Morgan fingerprint density at radius 1 is 0.811 bits per heavy atom. The van der Waals surface area contributed by atoms with Crippen molar-refractivity contribution in [2.45, 2.75) is 32.1 Å². The zero-order valence-corrected chi connectivity index (χ0v) is 21.4. The van der Waals surface area contributed by atoms with Crippen molar-refractivity contribution in [2.24, 2.45) is 0 Å². The van der Waals surface area contributed by atoms with Crippen molar-refractivity contribution in [1.82, 2.24) is 25.4 Å². The summed E-state index contributed by atoms with van der Waals surface area (Å²) in [7, 11) is 1.75. The number of nitrogens with zero attached hydrogens (tertiary/aromatic N) is 5. The third-order valence-corrected chi connectivity index (χ3v) is 7.07. The molecule has 37 heavy (non-hydrogen) atoms. The molecule has 5 rings (SSSR count). The lowest BCUT2D eigenvalue weighted by Gasteiger charge is -2.04. The van der Waals surface area contributed by atoms with Crippen LogP contribution in [0.1, 0.15) is 41.6 Å². The quantitative estimate of drug-likeness (QED) is 0.167. The van der Waals surface area contributed by atoms with Crippen molar-refractivity contribution in [3.05, 3.63) is 83.9 Å². The number of rotatable bonds is 11. The minimum atomic E-state index is -0.518. The molecule has 9 heteroatoms.